The van der Waals surface area contributed by atoms with E-state index in [1.165, 1.54) is 11.8 Å². The average molecular weight is 298 g/mol. The topological polar surface area (TPSA) is 83.5 Å². The molecule has 2 aromatic rings. The van der Waals surface area contributed by atoms with Gasteiger partial charge in [0, 0.05) is 13.1 Å². The zero-order valence-corrected chi connectivity index (χ0v) is 11.9. The zero-order valence-electron chi connectivity index (χ0n) is 10.3. The number of H-pyrrole nitrogens is 1. The maximum atomic E-state index is 5.95. The summed E-state index contributed by atoms with van der Waals surface area (Å²) in [5.74, 6) is 1.38. The number of hydrogen-bond acceptors (Lipinski definition) is 7. The van der Waals surface area contributed by atoms with Gasteiger partial charge in [-0.3, -0.25) is 5.10 Å². The highest BCUT2D eigenvalue weighted by atomic mass is 35.5. The Kier molecular flexibility index (Phi) is 3.52. The molecule has 1 saturated heterocycles. The normalized spacial score (nSPS) is 15.2. The van der Waals surface area contributed by atoms with Crippen molar-refractivity contribution in [2.75, 3.05) is 18.0 Å². The Bertz CT molecular complexity index is 581. The minimum absolute atomic E-state index is 0.201. The van der Waals surface area contributed by atoms with Gasteiger partial charge in [0.1, 0.15) is 5.82 Å². The predicted molar refractivity (Wildman–Crippen MR) is 71.5 cm³/mol. The molecule has 19 heavy (non-hydrogen) atoms. The highest BCUT2D eigenvalue weighted by Crippen LogP contribution is 2.24. The fraction of sp³-hybridized carbons (Fsp3) is 0.500. The van der Waals surface area contributed by atoms with Gasteiger partial charge in [-0.15, -0.1) is 5.10 Å². The fourth-order valence-corrected chi connectivity index (χ4v) is 2.78. The van der Waals surface area contributed by atoms with Crippen LogP contribution in [0.15, 0.2) is 10.3 Å². The molecule has 100 valence electrons. The monoisotopic (exact) mass is 297 g/mol. The number of anilines is 1. The number of aromatic nitrogens is 6. The van der Waals surface area contributed by atoms with Gasteiger partial charge in [-0.05, 0) is 43.1 Å². The molecule has 0 unspecified atom stereocenters. The molecule has 3 rings (SSSR count). The van der Waals surface area contributed by atoms with Crippen LogP contribution in [0.4, 0.5) is 5.95 Å². The molecular formula is C10H12ClN7S. The minimum Gasteiger partial charge on any atom is -0.341 e. The molecule has 0 atom stereocenters. The number of hydrogen-bond donors (Lipinski definition) is 1. The predicted octanol–water partition coefficient (Wildman–Crippen LogP) is 1.70. The summed E-state index contributed by atoms with van der Waals surface area (Å²) in [5.41, 5.74) is 0. The van der Waals surface area contributed by atoms with E-state index in [4.69, 9.17) is 11.6 Å². The Morgan fingerprint density at radius 1 is 1.11 bits per heavy atom. The first-order valence-corrected chi connectivity index (χ1v) is 7.13. The lowest BCUT2D eigenvalue weighted by Crippen LogP contribution is -2.21. The van der Waals surface area contributed by atoms with Crippen molar-refractivity contribution in [1.82, 2.24) is 30.1 Å². The quantitative estimate of drug-likeness (QED) is 0.923. The molecule has 0 saturated carbocycles. The first kappa shape index (κ1) is 12.6. The summed E-state index contributed by atoms with van der Waals surface area (Å²) in [6.45, 7) is 3.77. The standard InChI is InChI=1S/C10H12ClN7S/c1-6-12-10(17-16-6)19-9-14-7(11)13-8(15-9)18-4-2-3-5-18/h2-5H2,1H3,(H,12,16,17). The number of nitrogens with one attached hydrogen (secondary N) is 1. The van der Waals surface area contributed by atoms with Gasteiger partial charge in [-0.1, -0.05) is 0 Å². The third-order valence-electron chi connectivity index (χ3n) is 2.72. The van der Waals surface area contributed by atoms with Gasteiger partial charge in [0.15, 0.2) is 0 Å². The molecule has 0 radical (unpaired) electrons. The van der Waals surface area contributed by atoms with Crippen molar-refractivity contribution >= 4 is 29.3 Å². The van der Waals surface area contributed by atoms with Crippen molar-refractivity contribution in [3.05, 3.63) is 11.1 Å². The van der Waals surface area contributed by atoms with E-state index in [0.717, 1.165) is 31.8 Å². The summed E-state index contributed by atoms with van der Waals surface area (Å²) in [6.07, 6.45) is 2.32. The van der Waals surface area contributed by atoms with E-state index in [2.05, 4.69) is 35.0 Å². The Labute approximate surface area is 119 Å². The second-order valence-corrected chi connectivity index (χ2v) is 5.46. The van der Waals surface area contributed by atoms with Crippen LogP contribution in [0.1, 0.15) is 18.7 Å². The van der Waals surface area contributed by atoms with Crippen molar-refractivity contribution in [2.45, 2.75) is 30.1 Å². The van der Waals surface area contributed by atoms with E-state index in [9.17, 15) is 0 Å². The number of nitrogens with zero attached hydrogens (tertiary/aromatic N) is 6. The third-order valence-corrected chi connectivity index (χ3v) is 3.62. The van der Waals surface area contributed by atoms with Crippen molar-refractivity contribution in [1.29, 1.82) is 0 Å². The van der Waals surface area contributed by atoms with E-state index in [0.29, 0.717) is 16.3 Å². The molecule has 7 nitrogen and oxygen atoms in total. The lowest BCUT2D eigenvalue weighted by Gasteiger charge is -2.14. The van der Waals surface area contributed by atoms with Gasteiger partial charge in [0.25, 0.3) is 0 Å². The Morgan fingerprint density at radius 2 is 1.89 bits per heavy atom. The van der Waals surface area contributed by atoms with Crippen LogP contribution in [-0.2, 0) is 0 Å². The van der Waals surface area contributed by atoms with Crippen molar-refractivity contribution in [3.8, 4) is 0 Å². The maximum absolute atomic E-state index is 5.95. The maximum Gasteiger partial charge on any atom is 0.230 e. The van der Waals surface area contributed by atoms with Gasteiger partial charge >= 0.3 is 0 Å². The second-order valence-electron chi connectivity index (χ2n) is 4.19. The Morgan fingerprint density at radius 3 is 2.58 bits per heavy atom. The molecule has 1 aliphatic heterocycles. The number of aromatic amines is 1. The van der Waals surface area contributed by atoms with Gasteiger partial charge in [-0.25, -0.2) is 4.98 Å². The van der Waals surface area contributed by atoms with Crippen molar-refractivity contribution in [3.63, 3.8) is 0 Å². The summed E-state index contributed by atoms with van der Waals surface area (Å²) >= 11 is 7.22. The molecule has 0 aromatic carbocycles. The lowest BCUT2D eigenvalue weighted by atomic mass is 10.4. The van der Waals surface area contributed by atoms with Gasteiger partial charge in [0.05, 0.1) is 0 Å². The summed E-state index contributed by atoms with van der Waals surface area (Å²) in [4.78, 5) is 19.0. The molecule has 0 spiro atoms. The lowest BCUT2D eigenvalue weighted by molar-refractivity contribution is 0.823. The smallest absolute Gasteiger partial charge is 0.230 e. The molecule has 0 bridgehead atoms. The largest absolute Gasteiger partial charge is 0.341 e. The van der Waals surface area contributed by atoms with Crippen molar-refractivity contribution in [2.24, 2.45) is 0 Å². The summed E-state index contributed by atoms with van der Waals surface area (Å²) in [6, 6.07) is 0. The minimum atomic E-state index is 0.201. The van der Waals surface area contributed by atoms with E-state index in [1.807, 2.05) is 6.92 Å². The van der Waals surface area contributed by atoms with Crippen LogP contribution >= 0.6 is 23.4 Å². The SMILES string of the molecule is Cc1nc(Sc2nc(Cl)nc(N3CCCC3)n2)n[nH]1. The van der Waals surface area contributed by atoms with E-state index in [-0.39, 0.29) is 5.28 Å². The van der Waals surface area contributed by atoms with Gasteiger partial charge in [0.2, 0.25) is 21.5 Å². The fourth-order valence-electron chi connectivity index (χ4n) is 1.88. The Balaban J connectivity index is 1.84. The zero-order chi connectivity index (χ0) is 13.2. The van der Waals surface area contributed by atoms with Crippen LogP contribution in [0.5, 0.6) is 0 Å². The number of rotatable bonds is 3. The molecule has 2 aromatic heterocycles. The van der Waals surface area contributed by atoms with Crippen molar-refractivity contribution < 1.29 is 0 Å². The van der Waals surface area contributed by atoms with Gasteiger partial charge < -0.3 is 4.90 Å². The summed E-state index contributed by atoms with van der Waals surface area (Å²) < 4.78 is 0. The first-order valence-electron chi connectivity index (χ1n) is 5.94. The molecule has 0 amide bonds. The number of aryl methyl sites for hydroxylation is 1. The molecule has 1 aliphatic rings. The average Bonchev–Trinajstić information content (AvgIpc) is 3.00. The molecule has 1 fully saturated rings. The van der Waals surface area contributed by atoms with Crippen LogP contribution in [0.3, 0.4) is 0 Å². The number of halogens is 1. The second kappa shape index (κ2) is 5.30. The van der Waals surface area contributed by atoms with E-state index in [1.54, 1.807) is 0 Å². The molecule has 9 heteroatoms. The van der Waals surface area contributed by atoms with Gasteiger partial charge in [-0.2, -0.15) is 15.0 Å². The molecular weight excluding hydrogens is 286 g/mol. The first-order chi connectivity index (χ1) is 9.20. The molecule has 3 heterocycles. The third kappa shape index (κ3) is 2.95. The van der Waals surface area contributed by atoms with Crippen LogP contribution in [0.2, 0.25) is 5.28 Å². The van der Waals surface area contributed by atoms with E-state index < -0.39 is 0 Å². The molecule has 1 N–H and O–H groups in total. The highest BCUT2D eigenvalue weighted by molar-refractivity contribution is 7.99. The molecule has 0 aliphatic carbocycles. The van der Waals surface area contributed by atoms with Crippen LogP contribution < -0.4 is 4.90 Å². The summed E-state index contributed by atoms with van der Waals surface area (Å²) in [7, 11) is 0. The van der Waals surface area contributed by atoms with Crippen LogP contribution in [0, 0.1) is 6.92 Å². The highest BCUT2D eigenvalue weighted by Gasteiger charge is 2.17. The summed E-state index contributed by atoms with van der Waals surface area (Å²) in [5, 5.41) is 8.11. The Hall–Kier alpha value is -1.41. The van der Waals surface area contributed by atoms with E-state index >= 15 is 0 Å². The van der Waals surface area contributed by atoms with Crippen LogP contribution in [0.25, 0.3) is 0 Å². The van der Waals surface area contributed by atoms with Crippen LogP contribution in [-0.4, -0.2) is 43.2 Å².